The second kappa shape index (κ2) is 9.15. The lowest BCUT2D eigenvalue weighted by atomic mass is 9.99. The van der Waals surface area contributed by atoms with Crippen molar-refractivity contribution in [3.63, 3.8) is 0 Å². The van der Waals surface area contributed by atoms with Crippen LogP contribution in [0.1, 0.15) is 0 Å². The van der Waals surface area contributed by atoms with Crippen molar-refractivity contribution in [2.45, 2.75) is 0 Å². The molecule has 32 heavy (non-hydrogen) atoms. The van der Waals surface area contributed by atoms with E-state index >= 15 is 0 Å². The molecular formula is C28H29N3O. The Balaban J connectivity index is 1.82. The molecule has 0 saturated heterocycles. The number of hydrogen-bond donors (Lipinski definition) is 0. The number of benzene rings is 3. The van der Waals surface area contributed by atoms with Crippen molar-refractivity contribution in [2.24, 2.45) is 0 Å². The molecular weight excluding hydrogens is 394 g/mol. The second-order valence-corrected chi connectivity index (χ2v) is 8.24. The van der Waals surface area contributed by atoms with E-state index in [1.54, 1.807) is 7.11 Å². The quantitative estimate of drug-likeness (QED) is 0.368. The molecule has 162 valence electrons. The summed E-state index contributed by atoms with van der Waals surface area (Å²) in [5.41, 5.74) is 8.69. The van der Waals surface area contributed by atoms with Crippen LogP contribution in [0.25, 0.3) is 33.6 Å². The molecule has 0 aliphatic heterocycles. The first-order chi connectivity index (χ1) is 15.4. The van der Waals surface area contributed by atoms with Gasteiger partial charge in [-0.2, -0.15) is 0 Å². The predicted octanol–water partition coefficient (Wildman–Crippen LogP) is 6.22. The normalized spacial score (nSPS) is 10.7. The second-order valence-electron chi connectivity index (χ2n) is 8.24. The van der Waals surface area contributed by atoms with E-state index in [0.717, 1.165) is 39.4 Å². The van der Waals surface area contributed by atoms with Gasteiger partial charge in [-0.3, -0.25) is 0 Å². The number of rotatable bonds is 6. The first-order valence-corrected chi connectivity index (χ1v) is 10.7. The lowest BCUT2D eigenvalue weighted by molar-refractivity contribution is 0.415. The van der Waals surface area contributed by atoms with Crippen LogP contribution in [0.2, 0.25) is 0 Å². The molecule has 0 radical (unpaired) electrons. The topological polar surface area (TPSA) is 28.6 Å². The number of pyridine rings is 1. The van der Waals surface area contributed by atoms with Crippen LogP contribution in [0, 0.1) is 0 Å². The highest BCUT2D eigenvalue weighted by atomic mass is 16.5. The molecule has 0 aliphatic rings. The van der Waals surface area contributed by atoms with Gasteiger partial charge >= 0.3 is 0 Å². The fraction of sp³-hybridized carbons (Fsp3) is 0.179. The van der Waals surface area contributed by atoms with Gasteiger partial charge < -0.3 is 14.5 Å². The van der Waals surface area contributed by atoms with E-state index in [1.807, 2.05) is 40.3 Å². The SMILES string of the molecule is COc1ccc(-c2cc(-c3ccc(N(C)C)cc3)nc(-c3ccc(N(C)C)cc3)c2)cc1. The van der Waals surface area contributed by atoms with Crippen molar-refractivity contribution in [3.05, 3.63) is 84.9 Å². The number of methoxy groups -OCH3 is 1. The molecule has 0 unspecified atom stereocenters. The zero-order chi connectivity index (χ0) is 22.7. The smallest absolute Gasteiger partial charge is 0.118 e. The summed E-state index contributed by atoms with van der Waals surface area (Å²) in [7, 11) is 9.88. The maximum absolute atomic E-state index is 5.33. The van der Waals surface area contributed by atoms with Gasteiger partial charge in [0.25, 0.3) is 0 Å². The third kappa shape index (κ3) is 4.59. The first kappa shape index (κ1) is 21.4. The monoisotopic (exact) mass is 423 g/mol. The van der Waals surface area contributed by atoms with E-state index in [1.165, 1.54) is 11.4 Å². The molecule has 3 aromatic carbocycles. The van der Waals surface area contributed by atoms with Crippen molar-refractivity contribution in [3.8, 4) is 39.4 Å². The highest BCUT2D eigenvalue weighted by molar-refractivity contribution is 5.77. The van der Waals surface area contributed by atoms with E-state index in [0.29, 0.717) is 0 Å². The van der Waals surface area contributed by atoms with Gasteiger partial charge in [0, 0.05) is 50.7 Å². The van der Waals surface area contributed by atoms with Crippen LogP contribution in [0.5, 0.6) is 5.75 Å². The summed E-state index contributed by atoms with van der Waals surface area (Å²) in [5.74, 6) is 0.849. The molecule has 0 atom stereocenters. The van der Waals surface area contributed by atoms with Crippen LogP contribution in [-0.4, -0.2) is 40.3 Å². The summed E-state index contributed by atoms with van der Waals surface area (Å²) >= 11 is 0. The van der Waals surface area contributed by atoms with Crippen LogP contribution in [-0.2, 0) is 0 Å². The minimum atomic E-state index is 0.849. The van der Waals surface area contributed by atoms with Crippen molar-refractivity contribution < 1.29 is 4.74 Å². The highest BCUT2D eigenvalue weighted by Gasteiger charge is 2.10. The van der Waals surface area contributed by atoms with Gasteiger partial charge in [0.2, 0.25) is 0 Å². The van der Waals surface area contributed by atoms with E-state index in [9.17, 15) is 0 Å². The van der Waals surface area contributed by atoms with Gasteiger partial charge in [0.05, 0.1) is 18.5 Å². The third-order valence-corrected chi connectivity index (χ3v) is 5.61. The molecule has 4 heteroatoms. The number of anilines is 2. The summed E-state index contributed by atoms with van der Waals surface area (Å²) in [6.45, 7) is 0. The van der Waals surface area contributed by atoms with Crippen LogP contribution in [0.4, 0.5) is 11.4 Å². The van der Waals surface area contributed by atoms with Gasteiger partial charge in [-0.15, -0.1) is 0 Å². The van der Waals surface area contributed by atoms with E-state index in [4.69, 9.17) is 9.72 Å². The minimum Gasteiger partial charge on any atom is -0.497 e. The first-order valence-electron chi connectivity index (χ1n) is 10.7. The van der Waals surface area contributed by atoms with Crippen LogP contribution >= 0.6 is 0 Å². The minimum absolute atomic E-state index is 0.849. The Morgan fingerprint density at radius 2 is 0.938 bits per heavy atom. The van der Waals surface area contributed by atoms with Crippen molar-refractivity contribution in [1.29, 1.82) is 0 Å². The maximum atomic E-state index is 5.33. The predicted molar refractivity (Wildman–Crippen MR) is 136 cm³/mol. The van der Waals surface area contributed by atoms with E-state index < -0.39 is 0 Å². The molecule has 0 fully saturated rings. The fourth-order valence-corrected chi connectivity index (χ4v) is 3.64. The van der Waals surface area contributed by atoms with Crippen molar-refractivity contribution in [2.75, 3.05) is 45.1 Å². The molecule has 0 aliphatic carbocycles. The van der Waals surface area contributed by atoms with Gasteiger partial charge in [-0.1, -0.05) is 36.4 Å². The zero-order valence-corrected chi connectivity index (χ0v) is 19.3. The molecule has 4 aromatic rings. The lowest BCUT2D eigenvalue weighted by Crippen LogP contribution is -2.08. The molecule has 0 amide bonds. The van der Waals surface area contributed by atoms with Gasteiger partial charge in [0.1, 0.15) is 5.75 Å². The average molecular weight is 424 g/mol. The Bertz CT molecular complexity index is 1110. The summed E-state index contributed by atoms with van der Waals surface area (Å²) < 4.78 is 5.33. The van der Waals surface area contributed by atoms with Gasteiger partial charge in [-0.05, 0) is 59.7 Å². The number of aromatic nitrogens is 1. The van der Waals surface area contributed by atoms with Gasteiger partial charge in [0.15, 0.2) is 0 Å². The number of hydrogen-bond acceptors (Lipinski definition) is 4. The van der Waals surface area contributed by atoms with Crippen LogP contribution < -0.4 is 14.5 Å². The molecule has 1 aromatic heterocycles. The zero-order valence-electron chi connectivity index (χ0n) is 19.3. The lowest BCUT2D eigenvalue weighted by Gasteiger charge is -2.15. The van der Waals surface area contributed by atoms with Crippen LogP contribution in [0.15, 0.2) is 84.9 Å². The summed E-state index contributed by atoms with van der Waals surface area (Å²) in [6.07, 6.45) is 0. The van der Waals surface area contributed by atoms with Crippen molar-refractivity contribution in [1.82, 2.24) is 4.98 Å². The molecule has 0 N–H and O–H groups in total. The third-order valence-electron chi connectivity index (χ3n) is 5.61. The molecule has 4 nitrogen and oxygen atoms in total. The average Bonchev–Trinajstić information content (AvgIpc) is 2.84. The standard InChI is InChI=1S/C28H29N3O/c1-30(2)24-12-6-21(7-13-24)27-18-23(20-10-16-26(32-5)17-11-20)19-28(29-27)22-8-14-25(15-9-22)31(3)4/h6-19H,1-5H3. The Morgan fingerprint density at radius 1 is 0.531 bits per heavy atom. The molecule has 1 heterocycles. The fourth-order valence-electron chi connectivity index (χ4n) is 3.64. The summed E-state index contributed by atoms with van der Waals surface area (Å²) in [5, 5.41) is 0. The van der Waals surface area contributed by atoms with Crippen molar-refractivity contribution >= 4 is 11.4 Å². The van der Waals surface area contributed by atoms with Gasteiger partial charge in [-0.25, -0.2) is 4.98 Å². The molecule has 0 bridgehead atoms. The summed E-state index contributed by atoms with van der Waals surface area (Å²) in [6, 6.07) is 29.5. The van der Waals surface area contributed by atoms with Crippen LogP contribution in [0.3, 0.4) is 0 Å². The van der Waals surface area contributed by atoms with E-state index in [-0.39, 0.29) is 0 Å². The Hall–Kier alpha value is -3.79. The number of nitrogens with zero attached hydrogens (tertiary/aromatic N) is 3. The van der Waals surface area contributed by atoms with E-state index in [2.05, 4.69) is 82.6 Å². The molecule has 0 saturated carbocycles. The maximum Gasteiger partial charge on any atom is 0.118 e. The Kier molecular flexibility index (Phi) is 6.13. The summed E-state index contributed by atoms with van der Waals surface area (Å²) in [4.78, 5) is 9.23. The Morgan fingerprint density at radius 3 is 1.31 bits per heavy atom. The number of ether oxygens (including phenoxy) is 1. The molecule has 0 spiro atoms. The Labute approximate surface area is 190 Å². The molecule has 4 rings (SSSR count). The largest absolute Gasteiger partial charge is 0.497 e. The highest BCUT2D eigenvalue weighted by Crippen LogP contribution is 2.32.